The summed E-state index contributed by atoms with van der Waals surface area (Å²) in [7, 11) is 0. The van der Waals surface area contributed by atoms with E-state index in [0.717, 1.165) is 30.9 Å². The third-order valence-electron chi connectivity index (χ3n) is 3.66. The minimum absolute atomic E-state index is 0.162. The van der Waals surface area contributed by atoms with Crippen molar-refractivity contribution in [2.24, 2.45) is 5.92 Å². The fourth-order valence-electron chi connectivity index (χ4n) is 2.76. The lowest BCUT2D eigenvalue weighted by atomic mass is 10.1. The Labute approximate surface area is 105 Å². The van der Waals surface area contributed by atoms with E-state index in [1.807, 2.05) is 28.5 Å². The summed E-state index contributed by atoms with van der Waals surface area (Å²) in [6.45, 7) is 2.96. The molecular formula is C13H16N2OS. The Kier molecular flexibility index (Phi) is 2.99. The van der Waals surface area contributed by atoms with Crippen molar-refractivity contribution < 1.29 is 4.79 Å². The fourth-order valence-corrected chi connectivity index (χ4v) is 3.38. The Morgan fingerprint density at radius 1 is 1.53 bits per heavy atom. The number of carbonyl (C=O) groups is 1. The van der Waals surface area contributed by atoms with Gasteiger partial charge in [0, 0.05) is 36.6 Å². The maximum Gasteiger partial charge on any atom is 0.246 e. The highest BCUT2D eigenvalue weighted by atomic mass is 32.1. The molecule has 2 aliphatic heterocycles. The molecule has 0 radical (unpaired) electrons. The maximum atomic E-state index is 12.1. The molecule has 0 saturated carbocycles. The molecule has 3 heterocycles. The highest BCUT2D eigenvalue weighted by Crippen LogP contribution is 2.27. The number of thiophene rings is 1. The van der Waals surface area contributed by atoms with Crippen LogP contribution in [0, 0.1) is 5.92 Å². The molecule has 2 saturated heterocycles. The number of amides is 1. The minimum Gasteiger partial charge on any atom is -0.335 e. The zero-order valence-corrected chi connectivity index (χ0v) is 10.5. The van der Waals surface area contributed by atoms with E-state index in [0.29, 0.717) is 12.0 Å². The van der Waals surface area contributed by atoms with Crippen molar-refractivity contribution in [2.45, 2.75) is 12.5 Å². The van der Waals surface area contributed by atoms with Gasteiger partial charge in [0.1, 0.15) is 0 Å². The average Bonchev–Trinajstić information content (AvgIpc) is 3.02. The van der Waals surface area contributed by atoms with Crippen molar-refractivity contribution in [1.82, 2.24) is 10.2 Å². The second kappa shape index (κ2) is 4.63. The Morgan fingerprint density at radius 3 is 3.29 bits per heavy atom. The van der Waals surface area contributed by atoms with Crippen LogP contribution in [0.3, 0.4) is 0 Å². The molecule has 0 unspecified atom stereocenters. The Hall–Kier alpha value is -1.13. The topological polar surface area (TPSA) is 32.3 Å². The second-order valence-corrected chi connectivity index (χ2v) is 5.63. The van der Waals surface area contributed by atoms with Gasteiger partial charge in [-0.3, -0.25) is 4.79 Å². The van der Waals surface area contributed by atoms with E-state index in [9.17, 15) is 4.79 Å². The van der Waals surface area contributed by atoms with E-state index >= 15 is 0 Å². The number of hydrogen-bond donors (Lipinski definition) is 1. The SMILES string of the molecule is O=C(/C=C/c1cccs1)N1CC[C@@H]2CNC[C@@H]21. The van der Waals surface area contributed by atoms with Crippen molar-refractivity contribution in [3.63, 3.8) is 0 Å². The molecule has 0 aliphatic carbocycles. The largest absolute Gasteiger partial charge is 0.335 e. The van der Waals surface area contributed by atoms with Crippen LogP contribution in [0.25, 0.3) is 6.08 Å². The van der Waals surface area contributed by atoms with Gasteiger partial charge in [-0.2, -0.15) is 0 Å². The molecular weight excluding hydrogens is 232 g/mol. The number of carbonyl (C=O) groups excluding carboxylic acids is 1. The van der Waals surface area contributed by atoms with Gasteiger partial charge in [0.05, 0.1) is 0 Å². The van der Waals surface area contributed by atoms with Gasteiger partial charge in [0.2, 0.25) is 5.91 Å². The van der Waals surface area contributed by atoms with Crippen molar-refractivity contribution in [2.75, 3.05) is 19.6 Å². The zero-order chi connectivity index (χ0) is 11.7. The van der Waals surface area contributed by atoms with Crippen molar-refractivity contribution in [3.05, 3.63) is 28.5 Å². The Balaban J connectivity index is 1.66. The van der Waals surface area contributed by atoms with Crippen LogP contribution >= 0.6 is 11.3 Å². The smallest absolute Gasteiger partial charge is 0.246 e. The molecule has 1 aromatic heterocycles. The molecule has 2 fully saturated rings. The summed E-state index contributed by atoms with van der Waals surface area (Å²) in [5.41, 5.74) is 0. The first-order chi connectivity index (χ1) is 8.34. The second-order valence-electron chi connectivity index (χ2n) is 4.65. The molecule has 17 heavy (non-hydrogen) atoms. The van der Waals surface area contributed by atoms with E-state index in [4.69, 9.17) is 0 Å². The van der Waals surface area contributed by atoms with E-state index in [1.165, 1.54) is 0 Å². The third kappa shape index (κ3) is 2.15. The van der Waals surface area contributed by atoms with E-state index in [-0.39, 0.29) is 5.91 Å². The normalized spacial score (nSPS) is 27.9. The fraction of sp³-hybridized carbons (Fsp3) is 0.462. The Morgan fingerprint density at radius 2 is 2.47 bits per heavy atom. The highest BCUT2D eigenvalue weighted by molar-refractivity contribution is 7.10. The van der Waals surface area contributed by atoms with E-state index in [1.54, 1.807) is 17.4 Å². The lowest BCUT2D eigenvalue weighted by molar-refractivity contribution is -0.126. The van der Waals surface area contributed by atoms with Crippen LogP contribution in [0.4, 0.5) is 0 Å². The molecule has 0 bridgehead atoms. The first-order valence-electron chi connectivity index (χ1n) is 6.07. The van der Waals surface area contributed by atoms with Crippen LogP contribution in [0.15, 0.2) is 23.6 Å². The molecule has 1 N–H and O–H groups in total. The average molecular weight is 248 g/mol. The molecule has 1 amide bonds. The van der Waals surface area contributed by atoms with Crippen LogP contribution in [0.2, 0.25) is 0 Å². The zero-order valence-electron chi connectivity index (χ0n) is 9.63. The van der Waals surface area contributed by atoms with Gasteiger partial charge >= 0.3 is 0 Å². The summed E-state index contributed by atoms with van der Waals surface area (Å²) in [4.78, 5) is 15.3. The third-order valence-corrected chi connectivity index (χ3v) is 4.50. The summed E-state index contributed by atoms with van der Waals surface area (Å²) in [5.74, 6) is 0.837. The first kappa shape index (κ1) is 11.0. The van der Waals surface area contributed by atoms with Gasteiger partial charge in [-0.1, -0.05) is 6.07 Å². The number of nitrogens with zero attached hydrogens (tertiary/aromatic N) is 1. The summed E-state index contributed by atoms with van der Waals surface area (Å²) in [6.07, 6.45) is 4.78. The molecule has 0 spiro atoms. The number of rotatable bonds is 2. The van der Waals surface area contributed by atoms with Crippen LogP contribution in [-0.4, -0.2) is 36.5 Å². The summed E-state index contributed by atoms with van der Waals surface area (Å²) < 4.78 is 0. The number of fused-ring (bicyclic) bond motifs is 1. The molecule has 2 aliphatic rings. The van der Waals surface area contributed by atoms with Crippen LogP contribution < -0.4 is 5.32 Å². The Bertz CT molecular complexity index is 427. The molecule has 90 valence electrons. The summed E-state index contributed by atoms with van der Waals surface area (Å²) >= 11 is 1.66. The van der Waals surface area contributed by atoms with Crippen LogP contribution in [-0.2, 0) is 4.79 Å². The van der Waals surface area contributed by atoms with Gasteiger partial charge in [0.15, 0.2) is 0 Å². The van der Waals surface area contributed by atoms with E-state index in [2.05, 4.69) is 5.32 Å². The molecule has 0 aromatic carbocycles. The number of nitrogens with one attached hydrogen (secondary N) is 1. The van der Waals surface area contributed by atoms with Crippen LogP contribution in [0.5, 0.6) is 0 Å². The predicted octanol–water partition coefficient (Wildman–Crippen LogP) is 1.58. The predicted molar refractivity (Wildman–Crippen MR) is 69.8 cm³/mol. The minimum atomic E-state index is 0.162. The quantitative estimate of drug-likeness (QED) is 0.806. The van der Waals surface area contributed by atoms with Gasteiger partial charge in [-0.05, 0) is 29.9 Å². The number of hydrogen-bond acceptors (Lipinski definition) is 3. The first-order valence-corrected chi connectivity index (χ1v) is 6.95. The van der Waals surface area contributed by atoms with Gasteiger partial charge in [-0.15, -0.1) is 11.3 Å². The summed E-state index contributed by atoms with van der Waals surface area (Å²) in [5, 5.41) is 5.39. The molecule has 4 heteroatoms. The molecule has 1 aromatic rings. The van der Waals surface area contributed by atoms with Crippen molar-refractivity contribution in [1.29, 1.82) is 0 Å². The van der Waals surface area contributed by atoms with Crippen molar-refractivity contribution >= 4 is 23.3 Å². The molecule has 3 nitrogen and oxygen atoms in total. The van der Waals surface area contributed by atoms with Gasteiger partial charge in [0.25, 0.3) is 0 Å². The monoisotopic (exact) mass is 248 g/mol. The van der Waals surface area contributed by atoms with Gasteiger partial charge < -0.3 is 10.2 Å². The highest BCUT2D eigenvalue weighted by Gasteiger charge is 2.38. The van der Waals surface area contributed by atoms with Crippen molar-refractivity contribution in [3.8, 4) is 0 Å². The lowest BCUT2D eigenvalue weighted by Crippen LogP contribution is -2.38. The standard InChI is InChI=1S/C13H16N2OS/c16-13(4-3-11-2-1-7-17-11)15-6-5-10-8-14-9-12(10)15/h1-4,7,10,12,14H,5-6,8-9H2/b4-3+/t10-,12+/m1/s1. The van der Waals surface area contributed by atoms with E-state index < -0.39 is 0 Å². The number of likely N-dealkylation sites (tertiary alicyclic amines) is 1. The molecule has 3 rings (SSSR count). The lowest BCUT2D eigenvalue weighted by Gasteiger charge is -2.21. The van der Waals surface area contributed by atoms with Gasteiger partial charge in [-0.25, -0.2) is 0 Å². The molecule has 2 atom stereocenters. The maximum absolute atomic E-state index is 12.1. The van der Waals surface area contributed by atoms with Crippen LogP contribution in [0.1, 0.15) is 11.3 Å². The summed E-state index contributed by atoms with van der Waals surface area (Å²) in [6, 6.07) is 4.45.